The second-order valence-electron chi connectivity index (χ2n) is 4.77. The maximum atomic E-state index is 11.3. The number of hydrogen-bond donors (Lipinski definition) is 1. The largest absolute Gasteiger partial charge is 0.495 e. The zero-order valence-corrected chi connectivity index (χ0v) is 12.9. The Hall–Kier alpha value is -3.13. The highest BCUT2D eigenvalue weighted by atomic mass is 35.5. The molecule has 0 bridgehead atoms. The lowest BCUT2D eigenvalue weighted by atomic mass is 10.2. The van der Waals surface area contributed by atoms with E-state index in [1.54, 1.807) is 18.2 Å². The number of non-ortho nitro benzene ring substituents is 1. The molecule has 0 unspecified atom stereocenters. The lowest BCUT2D eigenvalue weighted by molar-refractivity contribution is -0.384. The van der Waals surface area contributed by atoms with E-state index < -0.39 is 10.9 Å². The van der Waals surface area contributed by atoms with Gasteiger partial charge < -0.3 is 14.3 Å². The lowest BCUT2D eigenvalue weighted by Crippen LogP contribution is -1.99. The summed E-state index contributed by atoms with van der Waals surface area (Å²) in [6.45, 7) is 0. The van der Waals surface area contributed by atoms with Crippen LogP contribution in [0.4, 0.5) is 5.69 Å². The predicted octanol–water partition coefficient (Wildman–Crippen LogP) is 3.76. The van der Waals surface area contributed by atoms with E-state index in [9.17, 15) is 20.0 Å². The summed E-state index contributed by atoms with van der Waals surface area (Å²) in [6.07, 6.45) is 0. The average Bonchev–Trinajstić information content (AvgIpc) is 2.97. The molecule has 2 aromatic carbocycles. The first-order valence-electron chi connectivity index (χ1n) is 6.57. The van der Waals surface area contributed by atoms with Gasteiger partial charge in [0, 0.05) is 17.7 Å². The molecular weight excluding hydrogens is 340 g/mol. The van der Waals surface area contributed by atoms with Gasteiger partial charge in [-0.15, -0.1) is 0 Å². The van der Waals surface area contributed by atoms with Crippen LogP contribution in [0.5, 0.6) is 5.75 Å². The second kappa shape index (κ2) is 5.82. The van der Waals surface area contributed by atoms with Crippen LogP contribution >= 0.6 is 11.6 Å². The molecule has 122 valence electrons. The summed E-state index contributed by atoms with van der Waals surface area (Å²) in [5.74, 6) is -0.796. The van der Waals surface area contributed by atoms with Crippen LogP contribution in [0.1, 0.15) is 10.4 Å². The SMILES string of the molecule is COc1ccc(-c2nc3cc([N+](=O)[O-])cc(C(=O)O)c3o2)cc1Cl. The molecule has 24 heavy (non-hydrogen) atoms. The van der Waals surface area contributed by atoms with Crippen LogP contribution in [-0.2, 0) is 0 Å². The van der Waals surface area contributed by atoms with E-state index in [0.717, 1.165) is 12.1 Å². The number of hydrogen-bond acceptors (Lipinski definition) is 6. The monoisotopic (exact) mass is 348 g/mol. The molecule has 0 radical (unpaired) electrons. The number of aromatic nitrogens is 1. The number of rotatable bonds is 4. The van der Waals surface area contributed by atoms with Crippen LogP contribution in [0.15, 0.2) is 34.7 Å². The van der Waals surface area contributed by atoms with Crippen molar-refractivity contribution in [1.82, 2.24) is 4.98 Å². The molecule has 8 nitrogen and oxygen atoms in total. The van der Waals surface area contributed by atoms with Crippen molar-refractivity contribution in [3.63, 3.8) is 0 Å². The van der Waals surface area contributed by atoms with E-state index in [1.807, 2.05) is 0 Å². The molecule has 9 heteroatoms. The number of ether oxygens (including phenoxy) is 1. The van der Waals surface area contributed by atoms with Crippen molar-refractivity contribution >= 4 is 34.4 Å². The van der Waals surface area contributed by atoms with Crippen molar-refractivity contribution in [1.29, 1.82) is 0 Å². The van der Waals surface area contributed by atoms with Gasteiger partial charge in [-0.05, 0) is 18.2 Å². The van der Waals surface area contributed by atoms with Gasteiger partial charge in [0.15, 0.2) is 5.58 Å². The van der Waals surface area contributed by atoms with Crippen molar-refractivity contribution < 1.29 is 24.0 Å². The average molecular weight is 349 g/mol. The molecule has 0 aliphatic carbocycles. The van der Waals surface area contributed by atoms with Gasteiger partial charge >= 0.3 is 5.97 Å². The molecule has 3 aromatic rings. The van der Waals surface area contributed by atoms with Gasteiger partial charge in [0.1, 0.15) is 16.8 Å². The number of carboxylic acid groups (broad SMARTS) is 1. The van der Waals surface area contributed by atoms with Gasteiger partial charge in [0.05, 0.1) is 17.1 Å². The minimum Gasteiger partial charge on any atom is -0.495 e. The van der Waals surface area contributed by atoms with Crippen LogP contribution in [0.25, 0.3) is 22.6 Å². The van der Waals surface area contributed by atoms with Crippen molar-refractivity contribution in [2.75, 3.05) is 7.11 Å². The van der Waals surface area contributed by atoms with E-state index in [2.05, 4.69) is 4.98 Å². The fourth-order valence-electron chi connectivity index (χ4n) is 2.21. The summed E-state index contributed by atoms with van der Waals surface area (Å²) in [5.41, 5.74) is -0.209. The van der Waals surface area contributed by atoms with Crippen molar-refractivity contribution in [2.24, 2.45) is 0 Å². The highest BCUT2D eigenvalue weighted by molar-refractivity contribution is 6.32. The number of methoxy groups -OCH3 is 1. The summed E-state index contributed by atoms with van der Waals surface area (Å²) >= 11 is 6.05. The van der Waals surface area contributed by atoms with Crippen LogP contribution in [0, 0.1) is 10.1 Å². The standard InChI is InChI=1S/C15H9ClN2O6/c1-23-12-3-2-7(4-10(12)16)14-17-11-6-8(18(21)22)5-9(15(19)20)13(11)24-14/h2-6H,1H3,(H,19,20). The number of halogens is 1. The fraction of sp³-hybridized carbons (Fsp3) is 0.0667. The Labute approximate surface area is 139 Å². The van der Waals surface area contributed by atoms with Crippen molar-refractivity contribution in [2.45, 2.75) is 0 Å². The molecule has 3 rings (SSSR count). The van der Waals surface area contributed by atoms with Gasteiger partial charge in [0.25, 0.3) is 5.69 Å². The Bertz CT molecular complexity index is 981. The van der Waals surface area contributed by atoms with Gasteiger partial charge in [0.2, 0.25) is 5.89 Å². The summed E-state index contributed by atoms with van der Waals surface area (Å²) in [7, 11) is 1.47. The first-order valence-corrected chi connectivity index (χ1v) is 6.94. The molecule has 0 aliphatic rings. The van der Waals surface area contributed by atoms with Crippen LogP contribution < -0.4 is 4.74 Å². The maximum absolute atomic E-state index is 11.3. The Morgan fingerprint density at radius 3 is 2.71 bits per heavy atom. The lowest BCUT2D eigenvalue weighted by Gasteiger charge is -2.03. The highest BCUT2D eigenvalue weighted by Crippen LogP contribution is 2.33. The van der Waals surface area contributed by atoms with E-state index in [0.29, 0.717) is 16.3 Å². The van der Waals surface area contributed by atoms with E-state index in [-0.39, 0.29) is 28.2 Å². The molecule has 0 amide bonds. The number of nitrogens with zero attached hydrogens (tertiary/aromatic N) is 2. The molecule has 0 saturated heterocycles. The highest BCUT2D eigenvalue weighted by Gasteiger charge is 2.21. The number of nitro groups is 1. The Balaban J connectivity index is 2.21. The summed E-state index contributed by atoms with van der Waals surface area (Å²) in [5, 5.41) is 20.5. The van der Waals surface area contributed by atoms with Gasteiger partial charge in [-0.1, -0.05) is 11.6 Å². The third-order valence-electron chi connectivity index (χ3n) is 3.31. The second-order valence-corrected chi connectivity index (χ2v) is 5.18. The van der Waals surface area contributed by atoms with Crippen molar-refractivity contribution in [3.05, 3.63) is 51.0 Å². The normalized spacial score (nSPS) is 10.8. The molecule has 0 spiro atoms. The zero-order valence-electron chi connectivity index (χ0n) is 12.1. The molecule has 1 aromatic heterocycles. The first kappa shape index (κ1) is 15.8. The molecule has 1 N–H and O–H groups in total. The minimum atomic E-state index is -1.35. The van der Waals surface area contributed by atoms with Crippen LogP contribution in [-0.4, -0.2) is 28.1 Å². The molecule has 0 fully saturated rings. The van der Waals surface area contributed by atoms with Gasteiger partial charge in [-0.3, -0.25) is 10.1 Å². The van der Waals surface area contributed by atoms with E-state index in [1.165, 1.54) is 7.11 Å². The fourth-order valence-corrected chi connectivity index (χ4v) is 2.46. The molecule has 0 saturated carbocycles. The topological polar surface area (TPSA) is 116 Å². The molecule has 0 aliphatic heterocycles. The first-order chi connectivity index (χ1) is 11.4. The van der Waals surface area contributed by atoms with E-state index >= 15 is 0 Å². The Morgan fingerprint density at radius 1 is 1.38 bits per heavy atom. The zero-order chi connectivity index (χ0) is 17.4. The number of aromatic carboxylic acids is 1. The van der Waals surface area contributed by atoms with Crippen LogP contribution in [0.2, 0.25) is 5.02 Å². The van der Waals surface area contributed by atoms with Gasteiger partial charge in [-0.2, -0.15) is 0 Å². The smallest absolute Gasteiger partial charge is 0.339 e. The summed E-state index contributed by atoms with van der Waals surface area (Å²) in [4.78, 5) is 25.7. The summed E-state index contributed by atoms with van der Waals surface area (Å²) in [6, 6.07) is 6.86. The number of carboxylic acids is 1. The Morgan fingerprint density at radius 2 is 2.12 bits per heavy atom. The van der Waals surface area contributed by atoms with Crippen LogP contribution in [0.3, 0.4) is 0 Å². The van der Waals surface area contributed by atoms with E-state index in [4.69, 9.17) is 20.8 Å². The van der Waals surface area contributed by atoms with Gasteiger partial charge in [-0.25, -0.2) is 9.78 Å². The number of nitro benzene ring substituents is 1. The number of benzene rings is 2. The summed E-state index contributed by atoms with van der Waals surface area (Å²) < 4.78 is 10.5. The molecule has 0 atom stereocenters. The number of carbonyl (C=O) groups is 1. The quantitative estimate of drug-likeness (QED) is 0.563. The number of oxazole rings is 1. The predicted molar refractivity (Wildman–Crippen MR) is 84.6 cm³/mol. The minimum absolute atomic E-state index is 0.0463. The molecule has 1 heterocycles. The third-order valence-corrected chi connectivity index (χ3v) is 3.61. The molecular formula is C15H9ClN2O6. The maximum Gasteiger partial charge on any atom is 0.339 e. The van der Waals surface area contributed by atoms with Crippen molar-refractivity contribution in [3.8, 4) is 17.2 Å². The number of fused-ring (bicyclic) bond motifs is 1. The third kappa shape index (κ3) is 2.63. The Kier molecular flexibility index (Phi) is 3.82.